The highest BCUT2D eigenvalue weighted by molar-refractivity contribution is 4.80. The predicted molar refractivity (Wildman–Crippen MR) is 71.3 cm³/mol. The Morgan fingerprint density at radius 2 is 2.06 bits per heavy atom. The number of rotatable bonds is 9. The molecule has 0 radical (unpaired) electrons. The molecule has 1 N–H and O–H groups in total. The fraction of sp³-hybridized carbons (Fsp3) is 1.00. The van der Waals surface area contributed by atoms with Crippen LogP contribution >= 0.6 is 0 Å². The molecule has 2 rings (SSSR count). The highest BCUT2D eigenvalue weighted by Crippen LogP contribution is 2.18. The van der Waals surface area contributed by atoms with Crippen LogP contribution in [0.15, 0.2) is 0 Å². The number of ether oxygens (including phenoxy) is 1. The summed E-state index contributed by atoms with van der Waals surface area (Å²) >= 11 is 0. The van der Waals surface area contributed by atoms with E-state index >= 15 is 0 Å². The van der Waals surface area contributed by atoms with Gasteiger partial charge >= 0.3 is 0 Å². The van der Waals surface area contributed by atoms with E-state index in [9.17, 15) is 0 Å². The summed E-state index contributed by atoms with van der Waals surface area (Å²) in [5, 5.41) is 3.55. The van der Waals surface area contributed by atoms with Gasteiger partial charge in [-0.2, -0.15) is 0 Å². The van der Waals surface area contributed by atoms with E-state index in [2.05, 4.69) is 17.1 Å². The van der Waals surface area contributed by atoms with Gasteiger partial charge in [0.1, 0.15) is 0 Å². The summed E-state index contributed by atoms with van der Waals surface area (Å²) in [5.74, 6) is 0. The van der Waals surface area contributed by atoms with Crippen molar-refractivity contribution in [3.05, 3.63) is 0 Å². The summed E-state index contributed by atoms with van der Waals surface area (Å²) < 4.78 is 5.86. The van der Waals surface area contributed by atoms with E-state index in [1.165, 1.54) is 58.2 Å². The van der Waals surface area contributed by atoms with Gasteiger partial charge in [-0.25, -0.2) is 0 Å². The molecule has 1 atom stereocenters. The zero-order valence-corrected chi connectivity index (χ0v) is 11.3. The predicted octanol–water partition coefficient (Wildman–Crippen LogP) is 2.02. The van der Waals surface area contributed by atoms with E-state index in [0.29, 0.717) is 6.10 Å². The minimum Gasteiger partial charge on any atom is -0.377 e. The van der Waals surface area contributed by atoms with Crippen molar-refractivity contribution in [1.29, 1.82) is 0 Å². The molecule has 0 amide bonds. The fourth-order valence-electron chi connectivity index (χ4n) is 2.46. The lowest BCUT2D eigenvalue weighted by molar-refractivity contribution is 0.0461. The highest BCUT2D eigenvalue weighted by atomic mass is 16.5. The molecule has 1 saturated heterocycles. The largest absolute Gasteiger partial charge is 0.377 e. The topological polar surface area (TPSA) is 24.5 Å². The summed E-state index contributed by atoms with van der Waals surface area (Å²) in [4.78, 5) is 2.52. The Labute approximate surface area is 106 Å². The van der Waals surface area contributed by atoms with E-state index < -0.39 is 0 Å². The summed E-state index contributed by atoms with van der Waals surface area (Å²) in [7, 11) is 0. The third kappa shape index (κ3) is 5.84. The Morgan fingerprint density at radius 1 is 1.29 bits per heavy atom. The monoisotopic (exact) mass is 240 g/mol. The average Bonchev–Trinajstić information content (AvgIpc) is 3.00. The fourth-order valence-corrected chi connectivity index (χ4v) is 2.46. The van der Waals surface area contributed by atoms with Crippen LogP contribution < -0.4 is 5.32 Å². The van der Waals surface area contributed by atoms with Gasteiger partial charge in [0.15, 0.2) is 0 Å². The SMILES string of the molecule is CC(CCCNC1CC1)OCCN1CCCC1. The first-order valence-corrected chi connectivity index (χ1v) is 7.42. The maximum Gasteiger partial charge on any atom is 0.0597 e. The number of nitrogens with zero attached hydrogens (tertiary/aromatic N) is 1. The van der Waals surface area contributed by atoms with E-state index in [4.69, 9.17) is 4.74 Å². The molecule has 3 heteroatoms. The number of hydrogen-bond donors (Lipinski definition) is 1. The molecule has 0 spiro atoms. The first-order valence-electron chi connectivity index (χ1n) is 7.42. The normalized spacial score (nSPS) is 23.1. The van der Waals surface area contributed by atoms with Gasteiger partial charge in [0.25, 0.3) is 0 Å². The summed E-state index contributed by atoms with van der Waals surface area (Å²) in [6, 6.07) is 0.849. The van der Waals surface area contributed by atoms with Gasteiger partial charge in [-0.3, -0.25) is 0 Å². The van der Waals surface area contributed by atoms with Crippen molar-refractivity contribution >= 4 is 0 Å². The molecular weight excluding hydrogens is 212 g/mol. The lowest BCUT2D eigenvalue weighted by Crippen LogP contribution is -2.26. The first kappa shape index (κ1) is 13.3. The lowest BCUT2D eigenvalue weighted by atomic mass is 10.2. The second kappa shape index (κ2) is 7.34. The second-order valence-electron chi connectivity index (χ2n) is 5.60. The second-order valence-corrected chi connectivity index (χ2v) is 5.60. The summed E-state index contributed by atoms with van der Waals surface area (Å²) in [6.45, 7) is 7.99. The molecule has 0 aromatic carbocycles. The number of hydrogen-bond acceptors (Lipinski definition) is 3. The van der Waals surface area contributed by atoms with Gasteiger partial charge in [0.2, 0.25) is 0 Å². The molecule has 100 valence electrons. The van der Waals surface area contributed by atoms with Crippen molar-refractivity contribution in [2.45, 2.75) is 57.6 Å². The Kier molecular flexibility index (Phi) is 5.75. The number of likely N-dealkylation sites (tertiary alicyclic amines) is 1. The van der Waals surface area contributed by atoms with E-state index in [1.807, 2.05) is 0 Å². The minimum atomic E-state index is 0.429. The molecule has 2 fully saturated rings. The molecule has 1 aliphatic heterocycles. The third-order valence-corrected chi connectivity index (χ3v) is 3.81. The molecule has 2 aliphatic rings. The van der Waals surface area contributed by atoms with Crippen LogP contribution in [0.25, 0.3) is 0 Å². The van der Waals surface area contributed by atoms with Crippen molar-refractivity contribution in [1.82, 2.24) is 10.2 Å². The molecule has 1 unspecified atom stereocenters. The Hall–Kier alpha value is -0.120. The van der Waals surface area contributed by atoms with Crippen LogP contribution in [0.3, 0.4) is 0 Å². The summed E-state index contributed by atoms with van der Waals surface area (Å²) in [6.07, 6.45) is 8.41. The molecule has 1 aliphatic carbocycles. The van der Waals surface area contributed by atoms with Crippen molar-refractivity contribution < 1.29 is 4.74 Å². The minimum absolute atomic E-state index is 0.429. The maximum absolute atomic E-state index is 5.86. The molecule has 1 heterocycles. The standard InChI is InChI=1S/C14H28N2O/c1-13(5-4-8-15-14-6-7-14)17-12-11-16-9-2-3-10-16/h13-15H,2-12H2,1H3. The van der Waals surface area contributed by atoms with Gasteiger partial charge in [0.05, 0.1) is 12.7 Å². The van der Waals surface area contributed by atoms with Crippen LogP contribution in [0.2, 0.25) is 0 Å². The van der Waals surface area contributed by atoms with Gasteiger partial charge < -0.3 is 15.0 Å². The molecule has 1 saturated carbocycles. The smallest absolute Gasteiger partial charge is 0.0597 e. The van der Waals surface area contributed by atoms with Gasteiger partial charge in [-0.05, 0) is 65.1 Å². The van der Waals surface area contributed by atoms with Crippen LogP contribution in [0, 0.1) is 0 Å². The van der Waals surface area contributed by atoms with Gasteiger partial charge in [-0.15, -0.1) is 0 Å². The van der Waals surface area contributed by atoms with Gasteiger partial charge in [0, 0.05) is 12.6 Å². The molecule has 0 aromatic heterocycles. The average molecular weight is 240 g/mol. The maximum atomic E-state index is 5.86. The van der Waals surface area contributed by atoms with Crippen molar-refractivity contribution in [2.24, 2.45) is 0 Å². The van der Waals surface area contributed by atoms with Crippen LogP contribution in [0.1, 0.15) is 45.4 Å². The zero-order chi connectivity index (χ0) is 11.9. The Bertz CT molecular complexity index is 200. The highest BCUT2D eigenvalue weighted by Gasteiger charge is 2.19. The molecule has 3 nitrogen and oxygen atoms in total. The molecule has 17 heavy (non-hydrogen) atoms. The van der Waals surface area contributed by atoms with Gasteiger partial charge in [-0.1, -0.05) is 0 Å². The third-order valence-electron chi connectivity index (χ3n) is 3.81. The van der Waals surface area contributed by atoms with Crippen LogP contribution in [0.4, 0.5) is 0 Å². The van der Waals surface area contributed by atoms with Crippen LogP contribution in [-0.2, 0) is 4.74 Å². The van der Waals surface area contributed by atoms with Crippen molar-refractivity contribution in [2.75, 3.05) is 32.8 Å². The quantitative estimate of drug-likeness (QED) is 0.624. The van der Waals surface area contributed by atoms with Crippen molar-refractivity contribution in [3.63, 3.8) is 0 Å². The van der Waals surface area contributed by atoms with E-state index in [-0.39, 0.29) is 0 Å². The lowest BCUT2D eigenvalue weighted by Gasteiger charge is -2.17. The van der Waals surface area contributed by atoms with Crippen molar-refractivity contribution in [3.8, 4) is 0 Å². The molecular formula is C14H28N2O. The number of nitrogens with one attached hydrogen (secondary N) is 1. The Morgan fingerprint density at radius 3 is 2.76 bits per heavy atom. The summed E-state index contributed by atoms with van der Waals surface area (Å²) in [5.41, 5.74) is 0. The van der Waals surface area contributed by atoms with E-state index in [1.54, 1.807) is 0 Å². The van der Waals surface area contributed by atoms with Crippen LogP contribution in [0.5, 0.6) is 0 Å². The zero-order valence-electron chi connectivity index (χ0n) is 11.3. The first-order chi connectivity index (χ1) is 8.34. The van der Waals surface area contributed by atoms with Crippen LogP contribution in [-0.4, -0.2) is 49.8 Å². The van der Waals surface area contributed by atoms with E-state index in [0.717, 1.165) is 19.2 Å². The molecule has 0 aromatic rings. The molecule has 0 bridgehead atoms. The Balaban J connectivity index is 1.38.